The van der Waals surface area contributed by atoms with Gasteiger partial charge in [-0.05, 0) is 37.5 Å². The summed E-state index contributed by atoms with van der Waals surface area (Å²) in [6, 6.07) is 15.0. The number of carboxylic acid groups (broad SMARTS) is 1. The molecular formula is C23H22N2O3S. The normalized spacial score (nSPS) is 13.4. The second kappa shape index (κ2) is 8.16. The van der Waals surface area contributed by atoms with Crippen LogP contribution in [0, 0.1) is 6.57 Å². The lowest BCUT2D eigenvalue weighted by Crippen LogP contribution is -2.46. The van der Waals surface area contributed by atoms with E-state index in [1.54, 1.807) is 17.0 Å². The molecule has 0 aliphatic rings. The number of carboxylic acids is 1. The van der Waals surface area contributed by atoms with E-state index < -0.39 is 17.2 Å². The average molecular weight is 407 g/mol. The number of nitrogens with zero attached hydrogens (tertiary/aromatic N) is 2. The zero-order valence-corrected chi connectivity index (χ0v) is 17.4. The van der Waals surface area contributed by atoms with E-state index in [2.05, 4.69) is 9.83 Å². The highest BCUT2D eigenvalue weighted by molar-refractivity contribution is 7.07. The Morgan fingerprint density at radius 1 is 1.17 bits per heavy atom. The molecule has 1 heterocycles. The number of hydrogen-bond acceptors (Lipinski definition) is 4. The van der Waals surface area contributed by atoms with Crippen molar-refractivity contribution >= 4 is 23.0 Å². The molecule has 0 fully saturated rings. The van der Waals surface area contributed by atoms with Crippen LogP contribution >= 0.6 is 11.3 Å². The Balaban J connectivity index is 1.98. The lowest BCUT2D eigenvalue weighted by molar-refractivity contribution is -0.188. The summed E-state index contributed by atoms with van der Waals surface area (Å²) in [5.41, 5.74) is 2.92. The third kappa shape index (κ3) is 4.53. The number of thiazole rings is 1. The average Bonchev–Trinajstić information content (AvgIpc) is 3.22. The molecule has 0 aliphatic carbocycles. The van der Waals surface area contributed by atoms with E-state index in [4.69, 9.17) is 11.3 Å². The maximum atomic E-state index is 12.4. The molecule has 0 amide bonds. The summed E-state index contributed by atoms with van der Waals surface area (Å²) in [5.74, 6) is -1.07. The Bertz CT molecular complexity index is 1030. The molecule has 1 aromatic heterocycles. The minimum Gasteiger partial charge on any atom is -0.479 e. The lowest BCUT2D eigenvalue weighted by Gasteiger charge is -2.35. The van der Waals surface area contributed by atoms with E-state index >= 15 is 0 Å². The predicted molar refractivity (Wildman–Crippen MR) is 114 cm³/mol. The lowest BCUT2D eigenvalue weighted by atomic mass is 9.89. The second-order valence-corrected chi connectivity index (χ2v) is 8.44. The molecule has 0 spiro atoms. The van der Waals surface area contributed by atoms with Gasteiger partial charge in [0, 0.05) is 11.8 Å². The van der Waals surface area contributed by atoms with Crippen molar-refractivity contribution in [3.63, 3.8) is 0 Å². The van der Waals surface area contributed by atoms with E-state index in [0.717, 1.165) is 16.7 Å². The number of para-hydroxylation sites is 1. The van der Waals surface area contributed by atoms with Crippen LogP contribution in [0.15, 0.2) is 59.4 Å². The molecule has 0 bridgehead atoms. The van der Waals surface area contributed by atoms with Gasteiger partial charge in [-0.15, -0.1) is 11.3 Å². The summed E-state index contributed by atoms with van der Waals surface area (Å²) < 4.78 is 6.09. The predicted octanol–water partition coefficient (Wildman–Crippen LogP) is 5.70. The number of aliphatic carboxylic acids is 1. The van der Waals surface area contributed by atoms with Gasteiger partial charge in [0.1, 0.15) is 0 Å². The minimum atomic E-state index is -1.58. The first-order chi connectivity index (χ1) is 13.7. The molecule has 3 aromatic rings. The quantitative estimate of drug-likeness (QED) is 0.534. The van der Waals surface area contributed by atoms with E-state index in [-0.39, 0.29) is 6.42 Å². The first-order valence-electron chi connectivity index (χ1n) is 9.13. The monoisotopic (exact) mass is 406 g/mol. The van der Waals surface area contributed by atoms with E-state index in [0.29, 0.717) is 11.4 Å². The highest BCUT2D eigenvalue weighted by atomic mass is 32.1. The molecule has 0 saturated heterocycles. The zero-order valence-electron chi connectivity index (χ0n) is 16.5. The largest absolute Gasteiger partial charge is 0.479 e. The Morgan fingerprint density at radius 2 is 1.86 bits per heavy atom. The van der Waals surface area contributed by atoms with Crippen LogP contribution in [-0.4, -0.2) is 21.7 Å². The highest BCUT2D eigenvalue weighted by Gasteiger charge is 2.46. The molecule has 3 rings (SSSR count). The first kappa shape index (κ1) is 20.7. The summed E-state index contributed by atoms with van der Waals surface area (Å²) in [5, 5.41) is 11.8. The number of carbonyl (C=O) groups is 1. The van der Waals surface area contributed by atoms with Crippen LogP contribution in [0.3, 0.4) is 0 Å². The summed E-state index contributed by atoms with van der Waals surface area (Å²) >= 11 is 1.34. The van der Waals surface area contributed by atoms with Crippen LogP contribution in [-0.2, 0) is 21.6 Å². The molecule has 6 heteroatoms. The number of hydrogen-bond donors (Lipinski definition) is 1. The van der Waals surface area contributed by atoms with Gasteiger partial charge in [0.25, 0.3) is 0 Å². The Labute approximate surface area is 174 Å². The summed E-state index contributed by atoms with van der Waals surface area (Å²) in [6.45, 7) is 12.8. The van der Waals surface area contributed by atoms with Gasteiger partial charge in [0.15, 0.2) is 5.69 Å². The topological polar surface area (TPSA) is 63.8 Å². The molecule has 2 aromatic carbocycles. The third-order valence-electron chi connectivity index (χ3n) is 4.41. The Hall–Kier alpha value is -3.01. The number of benzene rings is 2. The Morgan fingerprint density at radius 3 is 2.41 bits per heavy atom. The molecule has 0 aliphatic heterocycles. The molecule has 0 radical (unpaired) electrons. The maximum Gasteiger partial charge on any atom is 0.342 e. The fraction of sp³-hybridized carbons (Fsp3) is 0.261. The minimum absolute atomic E-state index is 0.147. The first-order valence-corrected chi connectivity index (χ1v) is 10.1. The van der Waals surface area contributed by atoms with E-state index in [1.165, 1.54) is 11.3 Å². The van der Waals surface area contributed by atoms with Gasteiger partial charge in [-0.3, -0.25) is 0 Å². The van der Waals surface area contributed by atoms with Crippen LogP contribution in [0.5, 0.6) is 0 Å². The third-order valence-corrected chi connectivity index (χ3v) is 5.00. The van der Waals surface area contributed by atoms with Gasteiger partial charge in [-0.2, -0.15) is 0 Å². The smallest absolute Gasteiger partial charge is 0.342 e. The van der Waals surface area contributed by atoms with Crippen molar-refractivity contribution in [3.05, 3.63) is 82.1 Å². The van der Waals surface area contributed by atoms with E-state index in [9.17, 15) is 9.90 Å². The van der Waals surface area contributed by atoms with Crippen LogP contribution in [0.2, 0.25) is 0 Å². The maximum absolute atomic E-state index is 12.4. The Kier molecular flexibility index (Phi) is 5.83. The van der Waals surface area contributed by atoms with Gasteiger partial charge < -0.3 is 9.84 Å². The van der Waals surface area contributed by atoms with Gasteiger partial charge >= 0.3 is 5.97 Å². The van der Waals surface area contributed by atoms with Gasteiger partial charge in [0.05, 0.1) is 23.4 Å². The van der Waals surface area contributed by atoms with Crippen molar-refractivity contribution in [2.75, 3.05) is 0 Å². The highest BCUT2D eigenvalue weighted by Crippen LogP contribution is 2.36. The SMILES string of the molecule is [C-]#[N+]c1ccccc1-c1ccc(CC(OC(C)(C)C)(C(=O)O)c2cscn2)cc1. The molecule has 29 heavy (non-hydrogen) atoms. The molecule has 0 saturated carbocycles. The molecule has 148 valence electrons. The standard InChI is InChI=1S/C23H22N2O3S/c1-22(2,3)28-23(21(26)27,20-14-29-15-25-20)13-16-9-11-17(12-10-16)18-7-5-6-8-19(18)24-4/h5-12,14-15H,13H2,1-3H3,(H,26,27). The summed E-state index contributed by atoms with van der Waals surface area (Å²) in [7, 11) is 0. The fourth-order valence-corrected chi connectivity index (χ4v) is 3.86. The number of rotatable bonds is 6. The summed E-state index contributed by atoms with van der Waals surface area (Å²) in [4.78, 5) is 20.2. The number of ether oxygens (including phenoxy) is 1. The fourth-order valence-electron chi connectivity index (χ4n) is 3.25. The van der Waals surface area contributed by atoms with Crippen molar-refractivity contribution in [1.82, 2.24) is 4.98 Å². The second-order valence-electron chi connectivity index (χ2n) is 7.72. The van der Waals surface area contributed by atoms with Crippen molar-refractivity contribution in [1.29, 1.82) is 0 Å². The van der Waals surface area contributed by atoms with Crippen LogP contribution in [0.4, 0.5) is 5.69 Å². The van der Waals surface area contributed by atoms with Gasteiger partial charge in [-0.1, -0.05) is 48.5 Å². The van der Waals surface area contributed by atoms with Crippen molar-refractivity contribution < 1.29 is 14.6 Å². The van der Waals surface area contributed by atoms with E-state index in [1.807, 2.05) is 63.2 Å². The summed E-state index contributed by atoms with van der Waals surface area (Å²) in [6.07, 6.45) is 0.147. The van der Waals surface area contributed by atoms with Crippen molar-refractivity contribution in [2.45, 2.75) is 38.4 Å². The van der Waals surface area contributed by atoms with Crippen molar-refractivity contribution in [2.24, 2.45) is 0 Å². The molecule has 5 nitrogen and oxygen atoms in total. The van der Waals surface area contributed by atoms with Crippen LogP contribution in [0.1, 0.15) is 32.0 Å². The van der Waals surface area contributed by atoms with Crippen LogP contribution in [0.25, 0.3) is 16.0 Å². The molecule has 1 unspecified atom stereocenters. The van der Waals surface area contributed by atoms with Gasteiger partial charge in [0.2, 0.25) is 5.60 Å². The molecular weight excluding hydrogens is 384 g/mol. The molecule has 1 atom stereocenters. The van der Waals surface area contributed by atoms with Gasteiger partial charge in [-0.25, -0.2) is 14.6 Å². The van der Waals surface area contributed by atoms with Crippen molar-refractivity contribution in [3.8, 4) is 11.1 Å². The number of aromatic nitrogens is 1. The zero-order chi connectivity index (χ0) is 21.1. The van der Waals surface area contributed by atoms with Crippen LogP contribution < -0.4 is 0 Å². The molecule has 1 N–H and O–H groups in total.